The van der Waals surface area contributed by atoms with Gasteiger partial charge in [0.2, 0.25) is 5.91 Å². The van der Waals surface area contributed by atoms with Crippen LogP contribution in [-0.2, 0) is 4.79 Å². The van der Waals surface area contributed by atoms with E-state index in [9.17, 15) is 9.18 Å². The van der Waals surface area contributed by atoms with Crippen molar-refractivity contribution < 1.29 is 13.9 Å². The molecule has 1 fully saturated rings. The van der Waals surface area contributed by atoms with Gasteiger partial charge in [-0.1, -0.05) is 6.07 Å². The zero-order valence-corrected chi connectivity index (χ0v) is 13.7. The molecule has 1 unspecified atom stereocenters. The SMILES string of the molecule is O=C(/C=C/c1cccnc1)NC1CC2(CCC2)Oc2ccc(F)cc21. The van der Waals surface area contributed by atoms with Crippen molar-refractivity contribution in [3.8, 4) is 5.75 Å². The van der Waals surface area contributed by atoms with Crippen molar-refractivity contribution in [2.75, 3.05) is 0 Å². The van der Waals surface area contributed by atoms with E-state index in [0.29, 0.717) is 17.7 Å². The lowest BCUT2D eigenvalue weighted by Crippen LogP contribution is -2.49. The third kappa shape index (κ3) is 3.27. The van der Waals surface area contributed by atoms with Crippen LogP contribution >= 0.6 is 0 Å². The minimum absolute atomic E-state index is 0.208. The summed E-state index contributed by atoms with van der Waals surface area (Å²) in [5.41, 5.74) is 1.35. The lowest BCUT2D eigenvalue weighted by Gasteiger charge is -2.48. The van der Waals surface area contributed by atoms with Crippen molar-refractivity contribution in [2.45, 2.75) is 37.3 Å². The van der Waals surface area contributed by atoms with Gasteiger partial charge in [0, 0.05) is 30.5 Å². The Hall–Kier alpha value is -2.69. The highest BCUT2D eigenvalue weighted by Gasteiger charge is 2.45. The molecular formula is C20H19FN2O2. The average molecular weight is 338 g/mol. The Bertz CT molecular complexity index is 816. The summed E-state index contributed by atoms with van der Waals surface area (Å²) in [5.74, 6) is 0.145. The van der Waals surface area contributed by atoms with E-state index in [1.165, 1.54) is 18.2 Å². The minimum atomic E-state index is -0.322. The number of halogens is 1. The first-order valence-corrected chi connectivity index (χ1v) is 8.51. The van der Waals surface area contributed by atoms with Crippen molar-refractivity contribution >= 4 is 12.0 Å². The second-order valence-electron chi connectivity index (χ2n) is 6.71. The molecule has 4 rings (SSSR count). The third-order valence-corrected chi connectivity index (χ3v) is 4.94. The largest absolute Gasteiger partial charge is 0.487 e. The highest BCUT2D eigenvalue weighted by molar-refractivity contribution is 5.92. The number of rotatable bonds is 3. The molecule has 5 heteroatoms. The predicted octanol–water partition coefficient (Wildman–Crippen LogP) is 3.80. The zero-order chi connectivity index (χ0) is 17.3. The number of carbonyl (C=O) groups excluding carboxylic acids is 1. The van der Waals surface area contributed by atoms with Gasteiger partial charge in [-0.05, 0) is 55.2 Å². The van der Waals surface area contributed by atoms with E-state index in [0.717, 1.165) is 24.8 Å². The molecule has 0 radical (unpaired) electrons. The topological polar surface area (TPSA) is 51.2 Å². The molecule has 1 aliphatic heterocycles. The van der Waals surface area contributed by atoms with Crippen LogP contribution in [0.5, 0.6) is 5.75 Å². The lowest BCUT2D eigenvalue weighted by molar-refractivity contribution is -0.118. The predicted molar refractivity (Wildman–Crippen MR) is 92.4 cm³/mol. The van der Waals surface area contributed by atoms with E-state index in [1.807, 2.05) is 12.1 Å². The molecule has 2 heterocycles. The molecule has 2 aromatic rings. The molecular weight excluding hydrogens is 319 g/mol. The number of nitrogens with one attached hydrogen (secondary N) is 1. The van der Waals surface area contributed by atoms with E-state index in [-0.39, 0.29) is 23.4 Å². The Kier molecular flexibility index (Phi) is 3.99. The number of fused-ring (bicyclic) bond motifs is 1. The van der Waals surface area contributed by atoms with E-state index in [2.05, 4.69) is 10.3 Å². The molecule has 1 N–H and O–H groups in total. The quantitative estimate of drug-likeness (QED) is 0.866. The highest BCUT2D eigenvalue weighted by atomic mass is 19.1. The summed E-state index contributed by atoms with van der Waals surface area (Å²) in [6.45, 7) is 0. The van der Waals surface area contributed by atoms with Crippen molar-refractivity contribution in [3.63, 3.8) is 0 Å². The number of benzene rings is 1. The van der Waals surface area contributed by atoms with Crippen molar-refractivity contribution in [2.24, 2.45) is 0 Å². The van der Waals surface area contributed by atoms with Gasteiger partial charge in [0.05, 0.1) is 6.04 Å². The molecule has 0 bridgehead atoms. The standard InChI is InChI=1S/C20H19FN2O2/c21-15-5-6-18-16(11-15)17(12-20(25-18)8-2-9-20)23-19(24)7-4-14-3-1-10-22-13-14/h1,3-7,10-11,13,17H,2,8-9,12H2,(H,23,24)/b7-4+. The first kappa shape index (κ1) is 15.8. The van der Waals surface area contributed by atoms with Crippen LogP contribution in [0.3, 0.4) is 0 Å². The zero-order valence-electron chi connectivity index (χ0n) is 13.7. The summed E-state index contributed by atoms with van der Waals surface area (Å²) in [6.07, 6.45) is 10.3. The van der Waals surface area contributed by atoms with Gasteiger partial charge in [0.25, 0.3) is 0 Å². The number of aromatic nitrogens is 1. The van der Waals surface area contributed by atoms with Gasteiger partial charge in [-0.3, -0.25) is 9.78 Å². The Morgan fingerprint density at radius 2 is 2.24 bits per heavy atom. The molecule has 1 aliphatic carbocycles. The number of carbonyl (C=O) groups is 1. The highest BCUT2D eigenvalue weighted by Crippen LogP contribution is 2.48. The molecule has 1 spiro atoms. The molecule has 0 saturated heterocycles. The number of ether oxygens (including phenoxy) is 1. The molecule has 1 atom stereocenters. The minimum Gasteiger partial charge on any atom is -0.487 e. The Balaban J connectivity index is 1.53. The fourth-order valence-electron chi connectivity index (χ4n) is 3.51. The molecule has 1 aromatic heterocycles. The number of nitrogens with zero attached hydrogens (tertiary/aromatic N) is 1. The molecule has 1 saturated carbocycles. The van der Waals surface area contributed by atoms with E-state index in [1.54, 1.807) is 24.5 Å². The van der Waals surface area contributed by atoms with Gasteiger partial charge >= 0.3 is 0 Å². The van der Waals surface area contributed by atoms with Crippen LogP contribution in [0.4, 0.5) is 4.39 Å². The van der Waals surface area contributed by atoms with E-state index < -0.39 is 0 Å². The van der Waals surface area contributed by atoms with E-state index >= 15 is 0 Å². The van der Waals surface area contributed by atoms with Crippen LogP contribution in [0.25, 0.3) is 6.08 Å². The smallest absolute Gasteiger partial charge is 0.244 e. The second kappa shape index (κ2) is 6.31. The maximum atomic E-state index is 13.7. The summed E-state index contributed by atoms with van der Waals surface area (Å²) >= 11 is 0. The average Bonchev–Trinajstić information content (AvgIpc) is 2.60. The van der Waals surface area contributed by atoms with Crippen LogP contribution in [-0.4, -0.2) is 16.5 Å². The van der Waals surface area contributed by atoms with E-state index in [4.69, 9.17) is 4.74 Å². The normalized spacial score (nSPS) is 20.6. The van der Waals surface area contributed by atoms with Crippen molar-refractivity contribution in [3.05, 3.63) is 65.7 Å². The Morgan fingerprint density at radius 3 is 2.96 bits per heavy atom. The van der Waals surface area contributed by atoms with Crippen LogP contribution in [0, 0.1) is 5.82 Å². The maximum absolute atomic E-state index is 13.7. The summed E-state index contributed by atoms with van der Waals surface area (Å²) < 4.78 is 19.8. The Labute approximate surface area is 145 Å². The monoisotopic (exact) mass is 338 g/mol. The molecule has 128 valence electrons. The van der Waals surface area contributed by atoms with Crippen LogP contribution < -0.4 is 10.1 Å². The fraction of sp³-hybridized carbons (Fsp3) is 0.300. The van der Waals surface area contributed by atoms with Crippen LogP contribution in [0.1, 0.15) is 42.9 Å². The number of pyridine rings is 1. The summed E-state index contributed by atoms with van der Waals surface area (Å²) in [7, 11) is 0. The molecule has 4 nitrogen and oxygen atoms in total. The maximum Gasteiger partial charge on any atom is 0.244 e. The number of amides is 1. The van der Waals surface area contributed by atoms with Gasteiger partial charge in [-0.2, -0.15) is 0 Å². The summed E-state index contributed by atoms with van der Waals surface area (Å²) in [4.78, 5) is 16.4. The summed E-state index contributed by atoms with van der Waals surface area (Å²) in [5, 5.41) is 3.00. The van der Waals surface area contributed by atoms with Gasteiger partial charge < -0.3 is 10.1 Å². The fourth-order valence-corrected chi connectivity index (χ4v) is 3.51. The first-order valence-electron chi connectivity index (χ1n) is 8.51. The van der Waals surface area contributed by atoms with Gasteiger partial charge in [0.15, 0.2) is 0 Å². The third-order valence-electron chi connectivity index (χ3n) is 4.94. The Morgan fingerprint density at radius 1 is 1.36 bits per heavy atom. The van der Waals surface area contributed by atoms with Gasteiger partial charge in [0.1, 0.15) is 17.2 Å². The van der Waals surface area contributed by atoms with Gasteiger partial charge in [-0.25, -0.2) is 4.39 Å². The molecule has 25 heavy (non-hydrogen) atoms. The van der Waals surface area contributed by atoms with Crippen molar-refractivity contribution in [1.82, 2.24) is 10.3 Å². The number of hydrogen-bond acceptors (Lipinski definition) is 3. The number of hydrogen-bond donors (Lipinski definition) is 1. The van der Waals surface area contributed by atoms with Crippen LogP contribution in [0.15, 0.2) is 48.8 Å². The van der Waals surface area contributed by atoms with Crippen LogP contribution in [0.2, 0.25) is 0 Å². The second-order valence-corrected chi connectivity index (χ2v) is 6.71. The van der Waals surface area contributed by atoms with Gasteiger partial charge in [-0.15, -0.1) is 0 Å². The van der Waals surface area contributed by atoms with Crippen molar-refractivity contribution in [1.29, 1.82) is 0 Å². The molecule has 1 amide bonds. The molecule has 1 aromatic carbocycles. The first-order chi connectivity index (χ1) is 12.1. The molecule has 2 aliphatic rings. The lowest BCUT2D eigenvalue weighted by atomic mass is 9.73. The summed E-state index contributed by atoms with van der Waals surface area (Å²) in [6, 6.07) is 7.96.